The fourth-order valence-corrected chi connectivity index (χ4v) is 3.05. The zero-order chi connectivity index (χ0) is 13.5. The molecule has 2 aliphatic heterocycles. The average molecular weight is 255 g/mol. The lowest BCUT2D eigenvalue weighted by Crippen LogP contribution is -2.48. The molecule has 5 heteroatoms. The molecule has 2 rings (SSSR count). The molecule has 2 fully saturated rings. The monoisotopic (exact) mass is 255 g/mol. The average Bonchev–Trinajstić information content (AvgIpc) is 2.43. The molecule has 3 atom stereocenters. The van der Waals surface area contributed by atoms with Gasteiger partial charge in [-0.05, 0) is 46.5 Å². The number of carboxylic acid groups (broad SMARTS) is 1. The van der Waals surface area contributed by atoms with Crippen LogP contribution in [0.25, 0.3) is 0 Å². The van der Waals surface area contributed by atoms with Crippen LogP contribution in [0.1, 0.15) is 46.5 Å². The van der Waals surface area contributed by atoms with Gasteiger partial charge in [0.1, 0.15) is 5.60 Å². The first-order valence-corrected chi connectivity index (χ1v) is 6.54. The van der Waals surface area contributed by atoms with Crippen LogP contribution in [0.2, 0.25) is 0 Å². The maximum absolute atomic E-state index is 12.2. The minimum absolute atomic E-state index is 0.0414. The molecule has 0 saturated carbocycles. The van der Waals surface area contributed by atoms with Crippen LogP contribution in [0.4, 0.5) is 4.79 Å². The third-order valence-corrected chi connectivity index (χ3v) is 3.70. The second kappa shape index (κ2) is 4.44. The highest BCUT2D eigenvalue weighted by Gasteiger charge is 2.50. The summed E-state index contributed by atoms with van der Waals surface area (Å²) in [5.74, 6) is -1.22. The molecule has 102 valence electrons. The summed E-state index contributed by atoms with van der Waals surface area (Å²) < 4.78 is 5.38. The number of aliphatic carboxylic acids is 1. The Hall–Kier alpha value is -1.26. The summed E-state index contributed by atoms with van der Waals surface area (Å²) in [6.45, 7) is 5.47. The van der Waals surface area contributed by atoms with Crippen molar-refractivity contribution in [2.45, 2.75) is 64.1 Å². The lowest BCUT2D eigenvalue weighted by atomic mass is 9.98. The number of carbonyl (C=O) groups is 2. The van der Waals surface area contributed by atoms with Gasteiger partial charge in [0.15, 0.2) is 0 Å². The Bertz CT molecular complexity index is 360. The Morgan fingerprint density at radius 3 is 2.50 bits per heavy atom. The molecule has 5 nitrogen and oxygen atoms in total. The molecule has 0 aromatic carbocycles. The lowest BCUT2D eigenvalue weighted by molar-refractivity contribution is -0.142. The van der Waals surface area contributed by atoms with E-state index in [2.05, 4.69) is 0 Å². The van der Waals surface area contributed by atoms with Gasteiger partial charge in [0.25, 0.3) is 0 Å². The first-order chi connectivity index (χ1) is 8.29. The smallest absolute Gasteiger partial charge is 0.410 e. The van der Waals surface area contributed by atoms with Gasteiger partial charge in [-0.15, -0.1) is 0 Å². The van der Waals surface area contributed by atoms with Crippen molar-refractivity contribution in [2.24, 2.45) is 5.92 Å². The quantitative estimate of drug-likeness (QED) is 0.780. The van der Waals surface area contributed by atoms with Crippen molar-refractivity contribution < 1.29 is 19.4 Å². The second-order valence-electron chi connectivity index (χ2n) is 6.22. The number of carbonyl (C=O) groups excluding carboxylic acids is 1. The van der Waals surface area contributed by atoms with Crippen LogP contribution in [0.15, 0.2) is 0 Å². The van der Waals surface area contributed by atoms with E-state index in [1.165, 1.54) is 0 Å². The Kier molecular flexibility index (Phi) is 3.25. The number of amides is 1. The molecule has 0 radical (unpaired) electrons. The molecule has 2 saturated heterocycles. The molecule has 0 aliphatic carbocycles. The number of piperidine rings is 1. The molecule has 0 aromatic rings. The standard InChI is InChI=1S/C13H21NO4/c1-13(2,3)18-12(17)14-8-5-4-6-10(14)9(7-8)11(15)16/h8-10H,4-7H2,1-3H3,(H,15,16)/t8-,9-,10+/m1/s1. The predicted molar refractivity (Wildman–Crippen MR) is 65.2 cm³/mol. The second-order valence-corrected chi connectivity index (χ2v) is 6.22. The summed E-state index contributed by atoms with van der Waals surface area (Å²) in [7, 11) is 0. The zero-order valence-electron chi connectivity index (χ0n) is 11.2. The van der Waals surface area contributed by atoms with E-state index in [-0.39, 0.29) is 18.2 Å². The normalized spacial score (nSPS) is 31.3. The molecular formula is C13H21NO4. The Labute approximate surface area is 107 Å². The topological polar surface area (TPSA) is 66.8 Å². The predicted octanol–water partition coefficient (Wildman–Crippen LogP) is 2.25. The number of ether oxygens (including phenoxy) is 1. The number of fused-ring (bicyclic) bond motifs is 2. The molecule has 2 bridgehead atoms. The Balaban J connectivity index is 2.14. The number of hydrogen-bond acceptors (Lipinski definition) is 3. The molecule has 1 N–H and O–H groups in total. The van der Waals surface area contributed by atoms with Crippen molar-refractivity contribution >= 4 is 12.1 Å². The summed E-state index contributed by atoms with van der Waals surface area (Å²) in [6.07, 6.45) is 2.87. The van der Waals surface area contributed by atoms with Crippen LogP contribution in [0, 0.1) is 5.92 Å². The van der Waals surface area contributed by atoms with Gasteiger partial charge in [-0.2, -0.15) is 0 Å². The highest BCUT2D eigenvalue weighted by molar-refractivity contribution is 5.76. The van der Waals surface area contributed by atoms with Gasteiger partial charge < -0.3 is 14.7 Å². The van der Waals surface area contributed by atoms with Crippen molar-refractivity contribution in [3.05, 3.63) is 0 Å². The van der Waals surface area contributed by atoms with Crippen LogP contribution >= 0.6 is 0 Å². The molecule has 0 unspecified atom stereocenters. The van der Waals surface area contributed by atoms with E-state index in [0.29, 0.717) is 6.42 Å². The first-order valence-electron chi connectivity index (χ1n) is 6.54. The largest absolute Gasteiger partial charge is 0.481 e. The van der Waals surface area contributed by atoms with E-state index in [4.69, 9.17) is 4.74 Å². The lowest BCUT2D eigenvalue weighted by Gasteiger charge is -2.36. The van der Waals surface area contributed by atoms with E-state index < -0.39 is 17.5 Å². The summed E-state index contributed by atoms with van der Waals surface area (Å²) >= 11 is 0. The van der Waals surface area contributed by atoms with E-state index in [1.807, 2.05) is 20.8 Å². The highest BCUT2D eigenvalue weighted by Crippen LogP contribution is 2.40. The van der Waals surface area contributed by atoms with Crippen LogP contribution in [-0.2, 0) is 9.53 Å². The van der Waals surface area contributed by atoms with Crippen LogP contribution in [-0.4, -0.2) is 39.8 Å². The molecule has 0 spiro atoms. The van der Waals surface area contributed by atoms with E-state index in [1.54, 1.807) is 4.90 Å². The maximum Gasteiger partial charge on any atom is 0.410 e. The van der Waals surface area contributed by atoms with Crippen LogP contribution < -0.4 is 0 Å². The molecule has 2 heterocycles. The van der Waals surface area contributed by atoms with Crippen molar-refractivity contribution in [3.63, 3.8) is 0 Å². The molecule has 18 heavy (non-hydrogen) atoms. The fourth-order valence-electron chi connectivity index (χ4n) is 3.05. The van der Waals surface area contributed by atoms with E-state index in [0.717, 1.165) is 19.3 Å². The van der Waals surface area contributed by atoms with Crippen molar-refractivity contribution in [2.75, 3.05) is 0 Å². The first kappa shape index (κ1) is 13.2. The maximum atomic E-state index is 12.2. The minimum Gasteiger partial charge on any atom is -0.481 e. The van der Waals surface area contributed by atoms with Gasteiger partial charge in [0, 0.05) is 12.1 Å². The van der Waals surface area contributed by atoms with Crippen molar-refractivity contribution in [1.82, 2.24) is 4.90 Å². The SMILES string of the molecule is CC(C)(C)OC(=O)N1[C@@H]2CCC[C@H]1[C@H](C(=O)O)C2. The molecule has 2 aliphatic rings. The van der Waals surface area contributed by atoms with Crippen molar-refractivity contribution in [1.29, 1.82) is 0 Å². The van der Waals surface area contributed by atoms with Crippen LogP contribution in [0.3, 0.4) is 0 Å². The third-order valence-electron chi connectivity index (χ3n) is 3.70. The third kappa shape index (κ3) is 2.44. The fraction of sp³-hybridized carbons (Fsp3) is 0.846. The van der Waals surface area contributed by atoms with E-state index >= 15 is 0 Å². The summed E-state index contributed by atoms with van der Waals surface area (Å²) in [5, 5.41) is 9.21. The van der Waals surface area contributed by atoms with Gasteiger partial charge >= 0.3 is 12.1 Å². The number of carboxylic acids is 1. The van der Waals surface area contributed by atoms with Gasteiger partial charge in [0.2, 0.25) is 0 Å². The molecular weight excluding hydrogens is 234 g/mol. The molecule has 1 amide bonds. The summed E-state index contributed by atoms with van der Waals surface area (Å²) in [5.41, 5.74) is -0.535. The van der Waals surface area contributed by atoms with Gasteiger partial charge in [-0.1, -0.05) is 0 Å². The number of nitrogens with zero attached hydrogens (tertiary/aromatic N) is 1. The summed E-state index contributed by atoms with van der Waals surface area (Å²) in [4.78, 5) is 25.0. The number of hydrogen-bond donors (Lipinski definition) is 1. The summed E-state index contributed by atoms with van der Waals surface area (Å²) in [6, 6.07) is -0.143. The van der Waals surface area contributed by atoms with Gasteiger partial charge in [0.05, 0.1) is 5.92 Å². The molecule has 0 aromatic heterocycles. The van der Waals surface area contributed by atoms with Gasteiger partial charge in [-0.3, -0.25) is 4.79 Å². The van der Waals surface area contributed by atoms with Crippen molar-refractivity contribution in [3.8, 4) is 0 Å². The van der Waals surface area contributed by atoms with E-state index in [9.17, 15) is 14.7 Å². The Morgan fingerprint density at radius 2 is 1.94 bits per heavy atom. The van der Waals surface area contributed by atoms with Gasteiger partial charge in [-0.25, -0.2) is 4.79 Å². The minimum atomic E-state index is -0.794. The highest BCUT2D eigenvalue weighted by atomic mass is 16.6. The van der Waals surface area contributed by atoms with Crippen LogP contribution in [0.5, 0.6) is 0 Å². The zero-order valence-corrected chi connectivity index (χ0v) is 11.2. The Morgan fingerprint density at radius 1 is 1.28 bits per heavy atom. The number of rotatable bonds is 1.